The minimum atomic E-state index is -3.69. The zero-order valence-corrected chi connectivity index (χ0v) is 20.9. The van der Waals surface area contributed by atoms with Crippen LogP contribution in [0.1, 0.15) is 23.0 Å². The van der Waals surface area contributed by atoms with Crippen LogP contribution in [0.15, 0.2) is 83.6 Å². The van der Waals surface area contributed by atoms with Crippen molar-refractivity contribution in [2.24, 2.45) is 5.92 Å². The Bertz CT molecular complexity index is 1320. The Kier molecular flexibility index (Phi) is 7.49. The molecule has 2 unspecified atom stereocenters. The van der Waals surface area contributed by atoms with E-state index in [2.05, 4.69) is 17.2 Å². The fourth-order valence-electron chi connectivity index (χ4n) is 4.07. The van der Waals surface area contributed by atoms with Crippen LogP contribution in [0, 0.1) is 5.92 Å². The molecule has 9 heteroatoms. The predicted molar refractivity (Wildman–Crippen MR) is 139 cm³/mol. The summed E-state index contributed by atoms with van der Waals surface area (Å²) < 4.78 is 27.7. The van der Waals surface area contributed by atoms with E-state index in [1.807, 2.05) is 48.7 Å². The van der Waals surface area contributed by atoms with Crippen molar-refractivity contribution in [2.75, 3.05) is 18.4 Å². The number of piperidine rings is 1. The number of carbonyl (C=O) groups excluding carboxylic acids is 2. The normalized spacial score (nSPS) is 18.5. The Morgan fingerprint density at radius 2 is 1.80 bits per heavy atom. The lowest BCUT2D eigenvalue weighted by atomic mass is 9.95. The molecule has 0 spiro atoms. The highest BCUT2D eigenvalue weighted by molar-refractivity contribution is 7.89. The van der Waals surface area contributed by atoms with E-state index in [0.29, 0.717) is 30.1 Å². The van der Waals surface area contributed by atoms with Crippen molar-refractivity contribution in [3.63, 3.8) is 0 Å². The Morgan fingerprint density at radius 3 is 2.46 bits per heavy atom. The molecule has 0 radical (unpaired) electrons. The second kappa shape index (κ2) is 10.6. The van der Waals surface area contributed by atoms with E-state index >= 15 is 0 Å². The zero-order valence-electron chi connectivity index (χ0n) is 19.3. The third-order valence-electron chi connectivity index (χ3n) is 6.06. The van der Waals surface area contributed by atoms with Crippen molar-refractivity contribution in [1.29, 1.82) is 0 Å². The first kappa shape index (κ1) is 24.8. The number of thiophene rings is 1. The summed E-state index contributed by atoms with van der Waals surface area (Å²) in [6.45, 7) is 6.00. The average molecular weight is 510 g/mol. The van der Waals surface area contributed by atoms with Gasteiger partial charge in [-0.25, -0.2) is 8.42 Å². The number of hydrogen-bond acceptors (Lipinski definition) is 5. The summed E-state index contributed by atoms with van der Waals surface area (Å²) in [7, 11) is -3.69. The van der Waals surface area contributed by atoms with E-state index in [-0.39, 0.29) is 28.7 Å². The standard InChI is InChI=1S/C26H27N3O4S2/c1-3-25(30)28-23-13-14-29(16-18(23)2)35(32,33)22-11-9-21(10-12-22)27-26(31)24-15-20(17-34-24)19-7-5-4-6-8-19/h3-12,15,17-18,23H,1,13-14,16H2,2H3,(H,27,31)(H,28,30). The molecular weight excluding hydrogens is 482 g/mol. The molecule has 2 atom stereocenters. The molecule has 1 aliphatic rings. The number of benzene rings is 2. The van der Waals surface area contributed by atoms with Gasteiger partial charge in [0.1, 0.15) is 0 Å². The molecule has 1 fully saturated rings. The molecule has 2 N–H and O–H groups in total. The summed E-state index contributed by atoms with van der Waals surface area (Å²) in [6.07, 6.45) is 1.75. The summed E-state index contributed by atoms with van der Waals surface area (Å²) in [5, 5.41) is 7.63. The van der Waals surface area contributed by atoms with Crippen LogP contribution in [0.5, 0.6) is 0 Å². The Hall–Kier alpha value is -3.27. The van der Waals surface area contributed by atoms with Gasteiger partial charge in [-0.3, -0.25) is 9.59 Å². The third kappa shape index (κ3) is 5.70. The third-order valence-corrected chi connectivity index (χ3v) is 8.87. The van der Waals surface area contributed by atoms with Crippen LogP contribution in [0.2, 0.25) is 0 Å². The number of sulfonamides is 1. The Labute approximate surface area is 209 Å². The second-order valence-electron chi connectivity index (χ2n) is 8.49. The van der Waals surface area contributed by atoms with Crippen LogP contribution in [-0.2, 0) is 14.8 Å². The topological polar surface area (TPSA) is 95.6 Å². The first-order valence-corrected chi connectivity index (χ1v) is 13.6. The van der Waals surface area contributed by atoms with Crippen LogP contribution in [0.4, 0.5) is 5.69 Å². The highest BCUT2D eigenvalue weighted by atomic mass is 32.2. The Morgan fingerprint density at radius 1 is 1.09 bits per heavy atom. The van der Waals surface area contributed by atoms with E-state index < -0.39 is 10.0 Å². The van der Waals surface area contributed by atoms with Gasteiger partial charge in [0.15, 0.2) is 0 Å². The maximum absolute atomic E-state index is 13.1. The van der Waals surface area contributed by atoms with Gasteiger partial charge < -0.3 is 10.6 Å². The van der Waals surface area contributed by atoms with Crippen molar-refractivity contribution >= 4 is 38.9 Å². The SMILES string of the molecule is C=CC(=O)NC1CCN(S(=O)(=O)c2ccc(NC(=O)c3cc(-c4ccccc4)cs3)cc2)CC1C. The average Bonchev–Trinajstić information content (AvgIpc) is 3.37. The highest BCUT2D eigenvalue weighted by Gasteiger charge is 2.34. The van der Waals surface area contributed by atoms with Gasteiger partial charge in [0, 0.05) is 24.8 Å². The summed E-state index contributed by atoms with van der Waals surface area (Å²) in [4.78, 5) is 25.0. The van der Waals surface area contributed by atoms with Crippen LogP contribution in [0.3, 0.4) is 0 Å². The van der Waals surface area contributed by atoms with E-state index in [1.165, 1.54) is 33.9 Å². The molecule has 2 amide bonds. The molecule has 1 saturated heterocycles. The minimum absolute atomic E-state index is 0.0347. The van der Waals surface area contributed by atoms with Crippen molar-refractivity contribution < 1.29 is 18.0 Å². The molecule has 0 saturated carbocycles. The quantitative estimate of drug-likeness (QED) is 0.463. The molecule has 4 rings (SSSR count). The van der Waals surface area contributed by atoms with Crippen LogP contribution >= 0.6 is 11.3 Å². The largest absolute Gasteiger partial charge is 0.349 e. The van der Waals surface area contributed by atoms with Crippen LogP contribution in [0.25, 0.3) is 11.1 Å². The molecule has 182 valence electrons. The molecule has 35 heavy (non-hydrogen) atoms. The predicted octanol–water partition coefficient (Wildman–Crippen LogP) is 4.37. The molecule has 2 heterocycles. The van der Waals surface area contributed by atoms with E-state index in [4.69, 9.17) is 0 Å². The number of rotatable bonds is 7. The van der Waals surface area contributed by atoms with Gasteiger partial charge in [0.05, 0.1) is 9.77 Å². The van der Waals surface area contributed by atoms with Gasteiger partial charge >= 0.3 is 0 Å². The van der Waals surface area contributed by atoms with Gasteiger partial charge in [-0.05, 0) is 65.3 Å². The van der Waals surface area contributed by atoms with Crippen molar-refractivity contribution in [3.05, 3.63) is 83.6 Å². The summed E-state index contributed by atoms with van der Waals surface area (Å²) >= 11 is 1.36. The van der Waals surface area contributed by atoms with Crippen molar-refractivity contribution in [1.82, 2.24) is 9.62 Å². The molecule has 1 aromatic heterocycles. The lowest BCUT2D eigenvalue weighted by Crippen LogP contribution is -2.51. The first-order valence-electron chi connectivity index (χ1n) is 11.3. The second-order valence-corrected chi connectivity index (χ2v) is 11.3. The molecule has 3 aromatic rings. The maximum atomic E-state index is 13.1. The van der Waals surface area contributed by atoms with Crippen LogP contribution in [-0.4, -0.2) is 43.7 Å². The molecule has 2 aromatic carbocycles. The highest BCUT2D eigenvalue weighted by Crippen LogP contribution is 2.27. The molecule has 0 bridgehead atoms. The Balaban J connectivity index is 1.39. The number of nitrogens with zero attached hydrogens (tertiary/aromatic N) is 1. The van der Waals surface area contributed by atoms with Gasteiger partial charge in [-0.1, -0.05) is 43.8 Å². The fraction of sp³-hybridized carbons (Fsp3) is 0.231. The van der Waals surface area contributed by atoms with Crippen molar-refractivity contribution in [2.45, 2.75) is 24.3 Å². The maximum Gasteiger partial charge on any atom is 0.265 e. The minimum Gasteiger partial charge on any atom is -0.349 e. The van der Waals surface area contributed by atoms with E-state index in [9.17, 15) is 18.0 Å². The van der Waals surface area contributed by atoms with Gasteiger partial charge in [-0.2, -0.15) is 4.31 Å². The number of carbonyl (C=O) groups is 2. The summed E-state index contributed by atoms with van der Waals surface area (Å²) in [5.74, 6) is -0.535. The number of nitrogens with one attached hydrogen (secondary N) is 2. The summed E-state index contributed by atoms with van der Waals surface area (Å²) in [5.41, 5.74) is 2.53. The molecule has 0 aliphatic carbocycles. The van der Waals surface area contributed by atoms with Crippen LogP contribution < -0.4 is 10.6 Å². The monoisotopic (exact) mass is 509 g/mol. The van der Waals surface area contributed by atoms with E-state index in [0.717, 1.165) is 11.1 Å². The van der Waals surface area contributed by atoms with Gasteiger partial charge in [-0.15, -0.1) is 11.3 Å². The zero-order chi connectivity index (χ0) is 25.0. The lowest BCUT2D eigenvalue weighted by molar-refractivity contribution is -0.117. The van der Waals surface area contributed by atoms with Gasteiger partial charge in [0.25, 0.3) is 5.91 Å². The molecule has 1 aliphatic heterocycles. The fourth-order valence-corrected chi connectivity index (χ4v) is 6.44. The lowest BCUT2D eigenvalue weighted by Gasteiger charge is -2.36. The first-order chi connectivity index (χ1) is 16.8. The van der Waals surface area contributed by atoms with E-state index in [1.54, 1.807) is 12.1 Å². The van der Waals surface area contributed by atoms with Gasteiger partial charge in [0.2, 0.25) is 15.9 Å². The number of amides is 2. The number of hydrogen-bond donors (Lipinski definition) is 2. The smallest absolute Gasteiger partial charge is 0.265 e. The molecule has 7 nitrogen and oxygen atoms in total. The molecular formula is C26H27N3O4S2. The summed E-state index contributed by atoms with van der Waals surface area (Å²) in [6, 6.07) is 17.8. The number of anilines is 1. The van der Waals surface area contributed by atoms with Crippen molar-refractivity contribution in [3.8, 4) is 11.1 Å².